The zero-order valence-corrected chi connectivity index (χ0v) is 10.7. The summed E-state index contributed by atoms with van der Waals surface area (Å²) < 4.78 is 7.80. The van der Waals surface area contributed by atoms with E-state index in [-0.39, 0.29) is 0 Å². The second-order valence-electron chi connectivity index (χ2n) is 4.67. The van der Waals surface area contributed by atoms with Gasteiger partial charge in [0.2, 0.25) is 0 Å². The van der Waals surface area contributed by atoms with Crippen molar-refractivity contribution in [2.75, 3.05) is 19.8 Å². The van der Waals surface area contributed by atoms with Crippen molar-refractivity contribution < 1.29 is 4.74 Å². The molecule has 0 aromatic carbocycles. The SMILES string of the molecule is CCCCOCCNCc1cncn1C1CC1. The first-order valence-corrected chi connectivity index (χ1v) is 6.71. The molecular weight excluding hydrogens is 214 g/mol. The Morgan fingerprint density at radius 1 is 1.47 bits per heavy atom. The Kier molecular flexibility index (Phi) is 5.01. The fraction of sp³-hybridized carbons (Fsp3) is 0.769. The predicted octanol–water partition coefficient (Wildman–Crippen LogP) is 2.12. The summed E-state index contributed by atoms with van der Waals surface area (Å²) in [5.74, 6) is 0. The van der Waals surface area contributed by atoms with Crippen molar-refractivity contribution in [2.45, 2.75) is 45.2 Å². The summed E-state index contributed by atoms with van der Waals surface area (Å²) in [5.41, 5.74) is 1.29. The van der Waals surface area contributed by atoms with E-state index in [2.05, 4.69) is 21.8 Å². The van der Waals surface area contributed by atoms with E-state index in [0.29, 0.717) is 0 Å². The van der Waals surface area contributed by atoms with E-state index in [1.165, 1.54) is 25.0 Å². The molecule has 1 saturated carbocycles. The first-order valence-electron chi connectivity index (χ1n) is 6.71. The molecule has 1 aromatic heterocycles. The molecule has 4 heteroatoms. The summed E-state index contributed by atoms with van der Waals surface area (Å²) in [7, 11) is 0. The van der Waals surface area contributed by atoms with Crippen LogP contribution in [-0.4, -0.2) is 29.3 Å². The van der Waals surface area contributed by atoms with Crippen LogP contribution < -0.4 is 5.32 Å². The molecule has 1 aromatic rings. The number of ether oxygens (including phenoxy) is 1. The molecule has 0 radical (unpaired) electrons. The van der Waals surface area contributed by atoms with Crippen LogP contribution >= 0.6 is 0 Å². The molecule has 0 aliphatic heterocycles. The molecule has 0 bridgehead atoms. The Morgan fingerprint density at radius 3 is 3.12 bits per heavy atom. The molecule has 1 fully saturated rings. The highest BCUT2D eigenvalue weighted by Crippen LogP contribution is 2.35. The smallest absolute Gasteiger partial charge is 0.0951 e. The van der Waals surface area contributed by atoms with Crippen LogP contribution in [0.4, 0.5) is 0 Å². The Morgan fingerprint density at radius 2 is 2.35 bits per heavy atom. The molecule has 17 heavy (non-hydrogen) atoms. The van der Waals surface area contributed by atoms with Gasteiger partial charge in [-0.2, -0.15) is 0 Å². The van der Waals surface area contributed by atoms with Crippen molar-refractivity contribution in [1.29, 1.82) is 0 Å². The maximum Gasteiger partial charge on any atom is 0.0951 e. The molecule has 1 aliphatic rings. The van der Waals surface area contributed by atoms with Gasteiger partial charge < -0.3 is 14.6 Å². The van der Waals surface area contributed by atoms with Crippen molar-refractivity contribution in [3.05, 3.63) is 18.2 Å². The van der Waals surface area contributed by atoms with E-state index < -0.39 is 0 Å². The second-order valence-corrected chi connectivity index (χ2v) is 4.67. The zero-order valence-electron chi connectivity index (χ0n) is 10.7. The van der Waals surface area contributed by atoms with Crippen LogP contribution in [0.3, 0.4) is 0 Å². The molecule has 0 atom stereocenters. The minimum Gasteiger partial charge on any atom is -0.380 e. The lowest BCUT2D eigenvalue weighted by atomic mass is 10.4. The Labute approximate surface area is 103 Å². The highest BCUT2D eigenvalue weighted by atomic mass is 16.5. The van der Waals surface area contributed by atoms with Gasteiger partial charge in [0.25, 0.3) is 0 Å². The number of hydrogen-bond donors (Lipinski definition) is 1. The molecule has 0 spiro atoms. The Bertz CT molecular complexity index is 320. The number of unbranched alkanes of at least 4 members (excludes halogenated alkanes) is 1. The van der Waals surface area contributed by atoms with Crippen LogP contribution in [0.1, 0.15) is 44.3 Å². The highest BCUT2D eigenvalue weighted by Gasteiger charge is 2.24. The molecule has 0 unspecified atom stereocenters. The van der Waals surface area contributed by atoms with Crippen molar-refractivity contribution in [3.63, 3.8) is 0 Å². The summed E-state index contributed by atoms with van der Waals surface area (Å²) in [4.78, 5) is 4.21. The van der Waals surface area contributed by atoms with Gasteiger partial charge in [-0.25, -0.2) is 4.98 Å². The van der Waals surface area contributed by atoms with Crippen LogP contribution in [0.15, 0.2) is 12.5 Å². The molecule has 0 amide bonds. The van der Waals surface area contributed by atoms with Gasteiger partial charge in [0.15, 0.2) is 0 Å². The number of hydrogen-bond acceptors (Lipinski definition) is 3. The van der Waals surface area contributed by atoms with E-state index in [1.807, 2.05) is 12.5 Å². The Hall–Kier alpha value is -0.870. The van der Waals surface area contributed by atoms with E-state index in [9.17, 15) is 0 Å². The van der Waals surface area contributed by atoms with E-state index in [1.54, 1.807) is 0 Å². The lowest BCUT2D eigenvalue weighted by Crippen LogP contribution is -2.21. The first kappa shape index (κ1) is 12.6. The fourth-order valence-electron chi connectivity index (χ4n) is 1.86. The molecule has 2 rings (SSSR count). The summed E-state index contributed by atoms with van der Waals surface area (Å²) in [6.45, 7) is 5.68. The molecule has 1 aliphatic carbocycles. The van der Waals surface area contributed by atoms with Gasteiger partial charge in [0.05, 0.1) is 18.6 Å². The Balaban J connectivity index is 1.56. The monoisotopic (exact) mass is 237 g/mol. The maximum absolute atomic E-state index is 5.50. The number of imidazole rings is 1. The summed E-state index contributed by atoms with van der Waals surface area (Å²) >= 11 is 0. The van der Waals surface area contributed by atoms with Crippen molar-refractivity contribution >= 4 is 0 Å². The predicted molar refractivity (Wildman–Crippen MR) is 67.9 cm³/mol. The zero-order chi connectivity index (χ0) is 11.9. The van der Waals surface area contributed by atoms with Gasteiger partial charge in [-0.3, -0.25) is 0 Å². The lowest BCUT2D eigenvalue weighted by Gasteiger charge is -2.08. The minimum atomic E-state index is 0.718. The molecule has 1 heterocycles. The fourth-order valence-corrected chi connectivity index (χ4v) is 1.86. The number of nitrogens with zero attached hydrogens (tertiary/aromatic N) is 2. The summed E-state index contributed by atoms with van der Waals surface area (Å²) in [5, 5.41) is 3.40. The van der Waals surface area contributed by atoms with Crippen molar-refractivity contribution in [2.24, 2.45) is 0 Å². The van der Waals surface area contributed by atoms with E-state index >= 15 is 0 Å². The standard InChI is InChI=1S/C13H23N3O/c1-2-3-7-17-8-6-14-9-13-10-15-11-16(13)12-4-5-12/h10-12,14H,2-9H2,1H3. The van der Waals surface area contributed by atoms with Crippen molar-refractivity contribution in [1.82, 2.24) is 14.9 Å². The average Bonchev–Trinajstić information content (AvgIpc) is 3.08. The van der Waals surface area contributed by atoms with Gasteiger partial charge in [-0.05, 0) is 19.3 Å². The summed E-state index contributed by atoms with van der Waals surface area (Å²) in [6, 6.07) is 0.718. The highest BCUT2D eigenvalue weighted by molar-refractivity contribution is 5.03. The van der Waals surface area contributed by atoms with Crippen LogP contribution in [0.2, 0.25) is 0 Å². The van der Waals surface area contributed by atoms with Gasteiger partial charge in [-0.1, -0.05) is 13.3 Å². The normalized spacial score (nSPS) is 15.4. The third-order valence-corrected chi connectivity index (χ3v) is 3.06. The largest absolute Gasteiger partial charge is 0.380 e. The number of rotatable bonds is 9. The van der Waals surface area contributed by atoms with Gasteiger partial charge in [-0.15, -0.1) is 0 Å². The molecular formula is C13H23N3O. The number of nitrogens with one attached hydrogen (secondary N) is 1. The van der Waals surface area contributed by atoms with E-state index in [4.69, 9.17) is 4.74 Å². The van der Waals surface area contributed by atoms with Crippen LogP contribution in [0.25, 0.3) is 0 Å². The topological polar surface area (TPSA) is 39.1 Å². The molecule has 4 nitrogen and oxygen atoms in total. The molecule has 0 saturated heterocycles. The summed E-state index contributed by atoms with van der Waals surface area (Å²) in [6.07, 6.45) is 8.89. The quantitative estimate of drug-likeness (QED) is 0.669. The van der Waals surface area contributed by atoms with Crippen molar-refractivity contribution in [3.8, 4) is 0 Å². The molecule has 96 valence electrons. The van der Waals surface area contributed by atoms with Gasteiger partial charge >= 0.3 is 0 Å². The van der Waals surface area contributed by atoms with Crippen LogP contribution in [-0.2, 0) is 11.3 Å². The minimum absolute atomic E-state index is 0.718. The third kappa shape index (κ3) is 4.13. The maximum atomic E-state index is 5.50. The van der Waals surface area contributed by atoms with Crippen LogP contribution in [0, 0.1) is 0 Å². The lowest BCUT2D eigenvalue weighted by molar-refractivity contribution is 0.132. The third-order valence-electron chi connectivity index (χ3n) is 3.06. The molecule has 1 N–H and O–H groups in total. The van der Waals surface area contributed by atoms with Crippen LogP contribution in [0.5, 0.6) is 0 Å². The van der Waals surface area contributed by atoms with E-state index in [0.717, 1.165) is 38.8 Å². The second kappa shape index (κ2) is 6.77. The van der Waals surface area contributed by atoms with Gasteiger partial charge in [0.1, 0.15) is 0 Å². The van der Waals surface area contributed by atoms with Gasteiger partial charge in [0, 0.05) is 31.9 Å². The average molecular weight is 237 g/mol. The number of aromatic nitrogens is 2. The first-order chi connectivity index (χ1) is 8.42.